The highest BCUT2D eigenvalue weighted by Crippen LogP contribution is 2.29. The number of thiazole rings is 1. The molecule has 2 aromatic carbocycles. The zero-order chi connectivity index (χ0) is 20.2. The van der Waals surface area contributed by atoms with Gasteiger partial charge in [-0.2, -0.15) is 0 Å². The molecule has 4 nitrogen and oxygen atoms in total. The highest BCUT2D eigenvalue weighted by molar-refractivity contribution is 7.12. The van der Waals surface area contributed by atoms with Crippen molar-refractivity contribution in [2.24, 2.45) is 5.92 Å². The predicted molar refractivity (Wildman–Crippen MR) is 120 cm³/mol. The Kier molecular flexibility index (Phi) is 5.95. The number of anilines is 1. The molecule has 1 aliphatic rings. The van der Waals surface area contributed by atoms with Gasteiger partial charge in [-0.1, -0.05) is 48.0 Å². The van der Waals surface area contributed by atoms with Crippen LogP contribution in [0, 0.1) is 19.8 Å². The van der Waals surface area contributed by atoms with Crippen LogP contribution < -0.4 is 10.2 Å². The third-order valence-corrected chi connectivity index (χ3v) is 6.42. The van der Waals surface area contributed by atoms with E-state index in [1.165, 1.54) is 11.3 Å². The number of hydrogen-bond acceptors (Lipinski definition) is 4. The van der Waals surface area contributed by atoms with Gasteiger partial charge >= 0.3 is 0 Å². The second-order valence-electron chi connectivity index (χ2n) is 7.79. The lowest BCUT2D eigenvalue weighted by molar-refractivity contribution is -0.120. The lowest BCUT2D eigenvalue weighted by atomic mass is 10.1. The number of amides is 1. The van der Waals surface area contributed by atoms with Gasteiger partial charge < -0.3 is 10.2 Å². The van der Waals surface area contributed by atoms with Gasteiger partial charge in [0.2, 0.25) is 5.91 Å². The van der Waals surface area contributed by atoms with E-state index in [2.05, 4.69) is 70.7 Å². The van der Waals surface area contributed by atoms with Crippen molar-refractivity contribution in [3.63, 3.8) is 0 Å². The molecule has 2 heterocycles. The molecule has 1 atom stereocenters. The van der Waals surface area contributed by atoms with Gasteiger partial charge in [0.15, 0.2) is 0 Å². The summed E-state index contributed by atoms with van der Waals surface area (Å²) in [4.78, 5) is 20.7. The number of para-hydroxylation sites is 1. The largest absolute Gasteiger partial charge is 0.371 e. The first-order chi connectivity index (χ1) is 14.1. The zero-order valence-electron chi connectivity index (χ0n) is 17.0. The molecule has 29 heavy (non-hydrogen) atoms. The molecular formula is C24H27N3OS. The molecule has 1 amide bonds. The molecule has 3 aromatic rings. The van der Waals surface area contributed by atoms with Crippen LogP contribution in [0.5, 0.6) is 0 Å². The van der Waals surface area contributed by atoms with E-state index in [-0.39, 0.29) is 5.91 Å². The molecule has 1 aliphatic heterocycles. The van der Waals surface area contributed by atoms with Gasteiger partial charge in [-0.3, -0.25) is 4.79 Å². The summed E-state index contributed by atoms with van der Waals surface area (Å²) >= 11 is 1.62. The van der Waals surface area contributed by atoms with Gasteiger partial charge in [-0.15, -0.1) is 11.3 Å². The molecule has 1 N–H and O–H groups in total. The predicted octanol–water partition coefficient (Wildman–Crippen LogP) is 4.61. The molecule has 0 aliphatic carbocycles. The first-order valence-electron chi connectivity index (χ1n) is 10.2. The van der Waals surface area contributed by atoms with E-state index in [0.717, 1.165) is 47.2 Å². The lowest BCUT2D eigenvalue weighted by Crippen LogP contribution is -2.32. The Bertz CT molecular complexity index is 966. The van der Waals surface area contributed by atoms with E-state index in [9.17, 15) is 4.79 Å². The van der Waals surface area contributed by atoms with Crippen LogP contribution in [0.4, 0.5) is 5.69 Å². The van der Waals surface area contributed by atoms with Crippen LogP contribution in [0.2, 0.25) is 0 Å². The standard InChI is InChI=1S/C24H27N3OS/c1-17-8-10-20(11-9-17)24-22(29-18(2)26-24)14-23(28)25-15-19-12-13-27(16-19)21-6-4-3-5-7-21/h3-11,19H,12-16H2,1-2H3,(H,25,28). The molecule has 1 aromatic heterocycles. The van der Waals surface area contributed by atoms with Crippen molar-refractivity contribution in [3.05, 3.63) is 70.0 Å². The maximum atomic E-state index is 12.6. The summed E-state index contributed by atoms with van der Waals surface area (Å²) in [5.74, 6) is 0.582. The van der Waals surface area contributed by atoms with E-state index >= 15 is 0 Å². The number of benzene rings is 2. The second kappa shape index (κ2) is 8.78. The molecular weight excluding hydrogens is 378 g/mol. The van der Waals surface area contributed by atoms with Crippen LogP contribution in [-0.2, 0) is 11.2 Å². The van der Waals surface area contributed by atoms with Gasteiger partial charge in [0.25, 0.3) is 0 Å². The normalized spacial score (nSPS) is 16.2. The third kappa shape index (κ3) is 4.85. The van der Waals surface area contributed by atoms with E-state index in [0.29, 0.717) is 12.3 Å². The Morgan fingerprint density at radius 1 is 1.14 bits per heavy atom. The summed E-state index contributed by atoms with van der Waals surface area (Å²) in [5.41, 5.74) is 4.51. The molecule has 0 radical (unpaired) electrons. The second-order valence-corrected chi connectivity index (χ2v) is 9.08. The Hall–Kier alpha value is -2.66. The van der Waals surface area contributed by atoms with Gasteiger partial charge in [0.05, 0.1) is 17.1 Å². The van der Waals surface area contributed by atoms with E-state index in [4.69, 9.17) is 0 Å². The number of aromatic nitrogens is 1. The quantitative estimate of drug-likeness (QED) is 0.651. The van der Waals surface area contributed by atoms with Crippen molar-refractivity contribution in [1.29, 1.82) is 0 Å². The van der Waals surface area contributed by atoms with Crippen molar-refractivity contribution in [2.75, 3.05) is 24.5 Å². The minimum Gasteiger partial charge on any atom is -0.371 e. The number of carbonyl (C=O) groups excluding carboxylic acids is 1. The molecule has 5 heteroatoms. The van der Waals surface area contributed by atoms with Gasteiger partial charge in [0.1, 0.15) is 0 Å². The summed E-state index contributed by atoms with van der Waals surface area (Å²) < 4.78 is 0. The van der Waals surface area contributed by atoms with E-state index < -0.39 is 0 Å². The summed E-state index contributed by atoms with van der Waals surface area (Å²) in [6.07, 6.45) is 1.51. The van der Waals surface area contributed by atoms with Crippen LogP contribution >= 0.6 is 11.3 Å². The van der Waals surface area contributed by atoms with Crippen LogP contribution in [0.3, 0.4) is 0 Å². The minimum absolute atomic E-state index is 0.0835. The third-order valence-electron chi connectivity index (χ3n) is 5.45. The van der Waals surface area contributed by atoms with Crippen molar-refractivity contribution in [3.8, 4) is 11.3 Å². The average molecular weight is 406 g/mol. The maximum absolute atomic E-state index is 12.6. The topological polar surface area (TPSA) is 45.2 Å². The van der Waals surface area contributed by atoms with Crippen molar-refractivity contribution < 1.29 is 4.79 Å². The number of nitrogens with one attached hydrogen (secondary N) is 1. The Morgan fingerprint density at radius 2 is 1.90 bits per heavy atom. The van der Waals surface area contributed by atoms with Crippen LogP contribution in [0.15, 0.2) is 54.6 Å². The van der Waals surface area contributed by atoms with Gasteiger partial charge in [-0.25, -0.2) is 4.98 Å². The first kappa shape index (κ1) is 19.6. The molecule has 0 spiro atoms. The van der Waals surface area contributed by atoms with Crippen molar-refractivity contribution >= 4 is 22.9 Å². The molecule has 1 unspecified atom stereocenters. The highest BCUT2D eigenvalue weighted by atomic mass is 32.1. The maximum Gasteiger partial charge on any atom is 0.225 e. The Balaban J connectivity index is 1.33. The van der Waals surface area contributed by atoms with Crippen LogP contribution in [0.25, 0.3) is 11.3 Å². The fourth-order valence-corrected chi connectivity index (χ4v) is 4.82. The first-order valence-corrected chi connectivity index (χ1v) is 11.0. The number of hydrogen-bond donors (Lipinski definition) is 1. The molecule has 1 saturated heterocycles. The zero-order valence-corrected chi connectivity index (χ0v) is 17.8. The van der Waals surface area contributed by atoms with Crippen LogP contribution in [0.1, 0.15) is 21.9 Å². The van der Waals surface area contributed by atoms with Gasteiger partial charge in [-0.05, 0) is 38.3 Å². The fourth-order valence-electron chi connectivity index (χ4n) is 3.87. The highest BCUT2D eigenvalue weighted by Gasteiger charge is 2.23. The number of aryl methyl sites for hydroxylation is 2. The fraction of sp³-hybridized carbons (Fsp3) is 0.333. The minimum atomic E-state index is 0.0835. The number of carbonyl (C=O) groups is 1. The van der Waals surface area contributed by atoms with Gasteiger partial charge in [0, 0.05) is 35.8 Å². The van der Waals surface area contributed by atoms with E-state index in [1.807, 2.05) is 13.0 Å². The average Bonchev–Trinajstić information content (AvgIpc) is 3.34. The number of nitrogens with zero attached hydrogens (tertiary/aromatic N) is 2. The Labute approximate surface area is 176 Å². The molecule has 0 saturated carbocycles. The van der Waals surface area contributed by atoms with E-state index in [1.54, 1.807) is 11.3 Å². The van der Waals surface area contributed by atoms with Crippen LogP contribution in [-0.4, -0.2) is 30.5 Å². The molecule has 4 rings (SSSR count). The monoisotopic (exact) mass is 405 g/mol. The lowest BCUT2D eigenvalue weighted by Gasteiger charge is -2.18. The Morgan fingerprint density at radius 3 is 2.66 bits per heavy atom. The number of rotatable bonds is 6. The molecule has 0 bridgehead atoms. The summed E-state index contributed by atoms with van der Waals surface area (Å²) in [6, 6.07) is 18.9. The smallest absolute Gasteiger partial charge is 0.225 e. The SMILES string of the molecule is Cc1ccc(-c2nc(C)sc2CC(=O)NCC2CCN(c3ccccc3)C2)cc1. The van der Waals surface area contributed by atoms with Crippen molar-refractivity contribution in [2.45, 2.75) is 26.7 Å². The summed E-state index contributed by atoms with van der Waals surface area (Å²) in [7, 11) is 0. The molecule has 150 valence electrons. The summed E-state index contributed by atoms with van der Waals surface area (Å²) in [6.45, 7) is 6.86. The molecule has 1 fully saturated rings. The summed E-state index contributed by atoms with van der Waals surface area (Å²) in [5, 5.41) is 4.15. The van der Waals surface area contributed by atoms with Crippen molar-refractivity contribution in [1.82, 2.24) is 10.3 Å².